The van der Waals surface area contributed by atoms with Crippen LogP contribution in [0.2, 0.25) is 0 Å². The van der Waals surface area contributed by atoms with Gasteiger partial charge in [0.05, 0.1) is 16.3 Å². The fourth-order valence-corrected chi connectivity index (χ4v) is 2.33. The molecule has 0 aliphatic rings. The first-order valence-corrected chi connectivity index (χ1v) is 8.09. The maximum atomic E-state index is 10.7. The van der Waals surface area contributed by atoms with E-state index in [1.54, 1.807) is 12.1 Å². The summed E-state index contributed by atoms with van der Waals surface area (Å²) in [7, 11) is 0. The molecule has 26 heavy (non-hydrogen) atoms. The summed E-state index contributed by atoms with van der Waals surface area (Å²) in [6, 6.07) is 25.9. The highest BCUT2D eigenvalue weighted by Crippen LogP contribution is 2.16. The van der Waals surface area contributed by atoms with Crippen LogP contribution in [-0.2, 0) is 0 Å². The summed E-state index contributed by atoms with van der Waals surface area (Å²) in [6.07, 6.45) is 3.92. The molecule has 0 saturated carbocycles. The van der Waals surface area contributed by atoms with Crippen molar-refractivity contribution in [2.75, 3.05) is 5.43 Å². The zero-order chi connectivity index (χ0) is 18.2. The smallest absolute Gasteiger partial charge is 0.269 e. The maximum Gasteiger partial charge on any atom is 0.269 e. The van der Waals surface area contributed by atoms with Gasteiger partial charge in [-0.05, 0) is 23.8 Å². The third-order valence-corrected chi connectivity index (χ3v) is 3.69. The van der Waals surface area contributed by atoms with Crippen LogP contribution in [0.3, 0.4) is 0 Å². The Balaban J connectivity index is 1.84. The molecule has 0 saturated heterocycles. The zero-order valence-electron chi connectivity index (χ0n) is 13.9. The molecule has 0 atom stereocenters. The van der Waals surface area contributed by atoms with Gasteiger partial charge in [0.1, 0.15) is 0 Å². The van der Waals surface area contributed by atoms with Gasteiger partial charge >= 0.3 is 0 Å². The monoisotopic (exact) mass is 343 g/mol. The molecule has 5 nitrogen and oxygen atoms in total. The van der Waals surface area contributed by atoms with Crippen LogP contribution in [0.5, 0.6) is 0 Å². The molecular formula is C21H17N3O2. The van der Waals surface area contributed by atoms with Gasteiger partial charge in [-0.2, -0.15) is 5.10 Å². The zero-order valence-corrected chi connectivity index (χ0v) is 13.9. The summed E-state index contributed by atoms with van der Waals surface area (Å²) in [4.78, 5) is 10.3. The van der Waals surface area contributed by atoms with Crippen molar-refractivity contribution in [1.29, 1.82) is 0 Å². The Morgan fingerprint density at radius 3 is 2.12 bits per heavy atom. The second kappa shape index (κ2) is 8.39. The van der Waals surface area contributed by atoms with E-state index in [1.165, 1.54) is 12.1 Å². The van der Waals surface area contributed by atoms with Crippen LogP contribution in [-0.4, -0.2) is 10.6 Å². The fourth-order valence-electron chi connectivity index (χ4n) is 2.33. The number of benzene rings is 3. The molecule has 0 heterocycles. The highest BCUT2D eigenvalue weighted by Gasteiger charge is 2.04. The highest BCUT2D eigenvalue weighted by molar-refractivity contribution is 6.11. The molecule has 5 heteroatoms. The van der Waals surface area contributed by atoms with Gasteiger partial charge in [0.25, 0.3) is 5.69 Å². The summed E-state index contributed by atoms with van der Waals surface area (Å²) < 4.78 is 0. The number of rotatable bonds is 6. The number of allylic oxidation sites excluding steroid dienone is 1. The molecule has 0 aliphatic carbocycles. The Morgan fingerprint density at radius 1 is 0.885 bits per heavy atom. The molecule has 3 aromatic carbocycles. The Kier molecular flexibility index (Phi) is 5.52. The first-order valence-electron chi connectivity index (χ1n) is 8.09. The van der Waals surface area contributed by atoms with Gasteiger partial charge in [-0.15, -0.1) is 0 Å². The van der Waals surface area contributed by atoms with Crippen LogP contribution < -0.4 is 5.43 Å². The molecule has 128 valence electrons. The number of nitrogens with one attached hydrogen (secondary N) is 1. The maximum absolute atomic E-state index is 10.7. The predicted octanol–water partition coefficient (Wildman–Crippen LogP) is 5.12. The van der Waals surface area contributed by atoms with Crippen LogP contribution in [0, 0.1) is 10.1 Å². The Morgan fingerprint density at radius 2 is 1.50 bits per heavy atom. The average molecular weight is 343 g/mol. The topological polar surface area (TPSA) is 67.5 Å². The van der Waals surface area contributed by atoms with Crippen molar-refractivity contribution >= 4 is 23.2 Å². The molecule has 3 aromatic rings. The highest BCUT2D eigenvalue weighted by atomic mass is 16.6. The predicted molar refractivity (Wildman–Crippen MR) is 105 cm³/mol. The molecule has 0 aromatic heterocycles. The Bertz CT molecular complexity index is 918. The molecule has 1 N–H and O–H groups in total. The van der Waals surface area contributed by atoms with E-state index < -0.39 is 4.92 Å². The first-order chi connectivity index (χ1) is 12.7. The molecule has 0 bridgehead atoms. The van der Waals surface area contributed by atoms with E-state index in [1.807, 2.05) is 72.8 Å². The van der Waals surface area contributed by atoms with Crippen molar-refractivity contribution in [1.82, 2.24) is 0 Å². The van der Waals surface area contributed by atoms with E-state index in [-0.39, 0.29) is 5.69 Å². The lowest BCUT2D eigenvalue weighted by atomic mass is 10.1. The second-order valence-corrected chi connectivity index (χ2v) is 5.52. The number of nitro groups is 1. The van der Waals surface area contributed by atoms with Crippen molar-refractivity contribution in [3.8, 4) is 0 Å². The molecule has 0 radical (unpaired) electrons. The van der Waals surface area contributed by atoms with E-state index in [9.17, 15) is 10.1 Å². The van der Waals surface area contributed by atoms with Gasteiger partial charge in [0.15, 0.2) is 0 Å². The number of hydrogen-bond acceptors (Lipinski definition) is 4. The van der Waals surface area contributed by atoms with E-state index in [2.05, 4.69) is 10.5 Å². The molecular weight excluding hydrogens is 326 g/mol. The summed E-state index contributed by atoms with van der Waals surface area (Å²) in [5.41, 5.74) is 6.49. The van der Waals surface area contributed by atoms with Gasteiger partial charge in [0, 0.05) is 17.7 Å². The fraction of sp³-hybridized carbons (Fsp3) is 0. The van der Waals surface area contributed by atoms with Crippen LogP contribution in [0.4, 0.5) is 11.4 Å². The van der Waals surface area contributed by atoms with Crippen molar-refractivity contribution in [3.05, 3.63) is 112 Å². The van der Waals surface area contributed by atoms with Crippen molar-refractivity contribution < 1.29 is 4.92 Å². The number of non-ortho nitro benzene ring substituents is 1. The van der Waals surface area contributed by atoms with E-state index in [0.717, 1.165) is 16.8 Å². The van der Waals surface area contributed by atoms with Gasteiger partial charge in [-0.3, -0.25) is 15.5 Å². The minimum atomic E-state index is -0.426. The number of hydrogen-bond donors (Lipinski definition) is 1. The average Bonchev–Trinajstić information content (AvgIpc) is 2.70. The van der Waals surface area contributed by atoms with Gasteiger partial charge in [-0.1, -0.05) is 66.7 Å². The number of hydrazone groups is 1. The van der Waals surface area contributed by atoms with Crippen LogP contribution >= 0.6 is 0 Å². The Labute approximate surface area is 151 Å². The third kappa shape index (κ3) is 4.64. The third-order valence-electron chi connectivity index (χ3n) is 3.69. The van der Waals surface area contributed by atoms with Crippen LogP contribution in [0.1, 0.15) is 11.1 Å². The molecule has 0 fully saturated rings. The summed E-state index contributed by atoms with van der Waals surface area (Å²) >= 11 is 0. The lowest BCUT2D eigenvalue weighted by Gasteiger charge is -2.05. The van der Waals surface area contributed by atoms with Crippen molar-refractivity contribution in [2.24, 2.45) is 5.10 Å². The molecule has 0 unspecified atom stereocenters. The first kappa shape index (κ1) is 17.1. The van der Waals surface area contributed by atoms with Gasteiger partial charge in [-0.25, -0.2) is 0 Å². The number of nitrogens with zero attached hydrogens (tertiary/aromatic N) is 2. The van der Waals surface area contributed by atoms with Gasteiger partial charge in [0.2, 0.25) is 0 Å². The molecule has 3 rings (SSSR count). The minimum absolute atomic E-state index is 0.0479. The second-order valence-electron chi connectivity index (χ2n) is 5.52. The molecule has 0 spiro atoms. The SMILES string of the molecule is O=[N+]([O-])c1ccc(N/N=C(\C=C\c2ccccc2)c2ccccc2)cc1. The number of nitro benzene ring substituents is 1. The Hall–Kier alpha value is -3.73. The lowest BCUT2D eigenvalue weighted by Crippen LogP contribution is -2.01. The van der Waals surface area contributed by atoms with E-state index in [0.29, 0.717) is 5.69 Å². The van der Waals surface area contributed by atoms with E-state index >= 15 is 0 Å². The lowest BCUT2D eigenvalue weighted by molar-refractivity contribution is -0.384. The quantitative estimate of drug-likeness (QED) is 0.383. The van der Waals surface area contributed by atoms with Crippen molar-refractivity contribution in [3.63, 3.8) is 0 Å². The summed E-state index contributed by atoms with van der Waals surface area (Å²) in [5, 5.41) is 15.2. The molecule has 0 aliphatic heterocycles. The summed E-state index contributed by atoms with van der Waals surface area (Å²) in [5.74, 6) is 0. The molecule has 0 amide bonds. The number of anilines is 1. The summed E-state index contributed by atoms with van der Waals surface area (Å²) in [6.45, 7) is 0. The largest absolute Gasteiger partial charge is 0.278 e. The van der Waals surface area contributed by atoms with Crippen molar-refractivity contribution in [2.45, 2.75) is 0 Å². The van der Waals surface area contributed by atoms with Gasteiger partial charge < -0.3 is 0 Å². The van der Waals surface area contributed by atoms with Crippen LogP contribution in [0.25, 0.3) is 6.08 Å². The van der Waals surface area contributed by atoms with Crippen LogP contribution in [0.15, 0.2) is 96.1 Å². The normalized spacial score (nSPS) is 11.5. The minimum Gasteiger partial charge on any atom is -0.278 e. The van der Waals surface area contributed by atoms with E-state index in [4.69, 9.17) is 0 Å². The standard InChI is InChI=1S/C21H17N3O2/c25-24(26)20-14-12-19(13-15-20)22-23-21(18-9-5-2-6-10-18)16-11-17-7-3-1-4-8-17/h1-16,22H/b16-11+,23-21+.